The zero-order chi connectivity index (χ0) is 11.3. The van der Waals surface area contributed by atoms with Crippen LogP contribution in [0.25, 0.3) is 0 Å². The third-order valence-corrected chi connectivity index (χ3v) is 3.28. The van der Waals surface area contributed by atoms with Crippen LogP contribution in [0.4, 0.5) is 0 Å². The zero-order valence-corrected chi connectivity index (χ0v) is 9.38. The van der Waals surface area contributed by atoms with Gasteiger partial charge in [0.05, 0.1) is 11.8 Å². The maximum Gasteiger partial charge on any atom is 0.282 e. The number of hydrogen-bond donors (Lipinski definition) is 1. The van der Waals surface area contributed by atoms with Crippen molar-refractivity contribution >= 4 is 10.1 Å². The van der Waals surface area contributed by atoms with Gasteiger partial charge in [-0.3, -0.25) is 0 Å². The first-order valence-corrected chi connectivity index (χ1v) is 6.42. The number of allylic oxidation sites excluding steroid dienone is 1. The summed E-state index contributed by atoms with van der Waals surface area (Å²) in [6.45, 7) is 1.48. The summed E-state index contributed by atoms with van der Waals surface area (Å²) in [7, 11) is -3.54. The molecule has 0 saturated heterocycles. The summed E-state index contributed by atoms with van der Waals surface area (Å²) < 4.78 is 26.5. The van der Waals surface area contributed by atoms with E-state index in [9.17, 15) is 8.42 Å². The van der Waals surface area contributed by atoms with Crippen LogP contribution in [0.3, 0.4) is 0 Å². The molecule has 0 amide bonds. The van der Waals surface area contributed by atoms with Crippen molar-refractivity contribution in [3.8, 4) is 6.07 Å². The van der Waals surface area contributed by atoms with Crippen LogP contribution in [0, 0.1) is 11.3 Å². The van der Waals surface area contributed by atoms with E-state index in [-0.39, 0.29) is 5.75 Å². The van der Waals surface area contributed by atoms with E-state index < -0.39 is 16.2 Å². The highest BCUT2D eigenvalue weighted by Gasteiger charge is 2.19. The number of rotatable bonds is 5. The quantitative estimate of drug-likeness (QED) is 0.559. The molecule has 1 unspecified atom stereocenters. The Balaban J connectivity index is 2.53. The third-order valence-electron chi connectivity index (χ3n) is 2.22. The monoisotopic (exact) mass is 230 g/mol. The Morgan fingerprint density at radius 2 is 2.47 bits per heavy atom. The Labute approximate surface area is 89.8 Å². The predicted molar refractivity (Wildman–Crippen MR) is 55.0 cm³/mol. The molecule has 1 N–H and O–H groups in total. The lowest BCUT2D eigenvalue weighted by atomic mass is 10.1. The molecule has 1 rings (SSSR count). The van der Waals surface area contributed by atoms with Crippen LogP contribution < -0.4 is 5.48 Å². The minimum Gasteiger partial charge on any atom is -0.198 e. The molecule has 0 aromatic carbocycles. The van der Waals surface area contributed by atoms with E-state index in [1.807, 2.05) is 12.1 Å². The third kappa shape index (κ3) is 3.63. The van der Waals surface area contributed by atoms with Crippen molar-refractivity contribution < 1.29 is 12.7 Å². The van der Waals surface area contributed by atoms with Crippen molar-refractivity contribution in [2.24, 2.45) is 0 Å². The fourth-order valence-electron chi connectivity index (χ4n) is 1.32. The molecule has 0 radical (unpaired) electrons. The second kappa shape index (κ2) is 5.26. The van der Waals surface area contributed by atoms with Crippen molar-refractivity contribution in [2.75, 3.05) is 5.75 Å². The average Bonchev–Trinajstić information content (AvgIpc) is 2.72. The fourth-order valence-corrected chi connectivity index (χ4v) is 1.68. The van der Waals surface area contributed by atoms with Crippen LogP contribution >= 0.6 is 0 Å². The van der Waals surface area contributed by atoms with Crippen LogP contribution in [0.2, 0.25) is 0 Å². The zero-order valence-electron chi connectivity index (χ0n) is 8.56. The molecule has 15 heavy (non-hydrogen) atoms. The van der Waals surface area contributed by atoms with Gasteiger partial charge in [0.1, 0.15) is 6.04 Å². The van der Waals surface area contributed by atoms with Gasteiger partial charge >= 0.3 is 0 Å². The minimum absolute atomic E-state index is 0.114. The minimum atomic E-state index is -3.54. The molecule has 84 valence electrons. The van der Waals surface area contributed by atoms with Gasteiger partial charge in [0.2, 0.25) is 0 Å². The number of nitrogens with zero attached hydrogens (tertiary/aromatic N) is 1. The summed E-state index contributed by atoms with van der Waals surface area (Å²) in [6, 6.07) is 1.31. The van der Waals surface area contributed by atoms with Crippen molar-refractivity contribution in [3.63, 3.8) is 0 Å². The molecular weight excluding hydrogens is 216 g/mol. The summed E-state index contributed by atoms with van der Waals surface area (Å²) in [6.07, 6.45) is 4.72. The van der Waals surface area contributed by atoms with Gasteiger partial charge in [0.25, 0.3) is 10.1 Å². The topological polar surface area (TPSA) is 79.2 Å². The van der Waals surface area contributed by atoms with E-state index in [0.29, 0.717) is 0 Å². The molecule has 0 spiro atoms. The molecule has 1 aliphatic rings. The lowest BCUT2D eigenvalue weighted by Gasteiger charge is -2.11. The molecule has 0 heterocycles. The second-order valence-electron chi connectivity index (χ2n) is 3.28. The van der Waals surface area contributed by atoms with Gasteiger partial charge in [0.15, 0.2) is 0 Å². The maximum atomic E-state index is 11.0. The molecule has 1 aliphatic carbocycles. The van der Waals surface area contributed by atoms with E-state index in [0.717, 1.165) is 24.8 Å². The largest absolute Gasteiger partial charge is 0.282 e. The first-order chi connectivity index (χ1) is 7.09. The smallest absolute Gasteiger partial charge is 0.198 e. The molecule has 0 aromatic rings. The SMILES string of the molecule is CCS(=O)(=O)ONC(C#N)C1=CCCC1. The van der Waals surface area contributed by atoms with Crippen LogP contribution in [-0.4, -0.2) is 20.2 Å². The van der Waals surface area contributed by atoms with Crippen LogP contribution in [0.1, 0.15) is 26.2 Å². The first-order valence-electron chi connectivity index (χ1n) is 4.84. The highest BCUT2D eigenvalue weighted by molar-refractivity contribution is 7.86. The molecular formula is C9H14N2O3S. The fraction of sp³-hybridized carbons (Fsp3) is 0.667. The van der Waals surface area contributed by atoms with Gasteiger partial charge in [-0.2, -0.15) is 23.4 Å². The van der Waals surface area contributed by atoms with Crippen molar-refractivity contribution in [2.45, 2.75) is 32.2 Å². The van der Waals surface area contributed by atoms with Crippen LogP contribution in [0.15, 0.2) is 11.6 Å². The molecule has 5 nitrogen and oxygen atoms in total. The predicted octanol–water partition coefficient (Wildman–Crippen LogP) is 0.860. The average molecular weight is 230 g/mol. The van der Waals surface area contributed by atoms with Crippen molar-refractivity contribution in [3.05, 3.63) is 11.6 Å². The van der Waals surface area contributed by atoms with Crippen LogP contribution in [0.5, 0.6) is 0 Å². The Morgan fingerprint density at radius 1 is 1.73 bits per heavy atom. The van der Waals surface area contributed by atoms with Gasteiger partial charge in [-0.15, -0.1) is 0 Å². The lowest BCUT2D eigenvalue weighted by Crippen LogP contribution is -2.32. The Morgan fingerprint density at radius 3 is 2.93 bits per heavy atom. The molecule has 1 atom stereocenters. The van der Waals surface area contributed by atoms with Gasteiger partial charge in [0, 0.05) is 0 Å². The van der Waals surface area contributed by atoms with E-state index >= 15 is 0 Å². The molecule has 0 aliphatic heterocycles. The van der Waals surface area contributed by atoms with Crippen molar-refractivity contribution in [1.82, 2.24) is 5.48 Å². The van der Waals surface area contributed by atoms with Gasteiger partial charge < -0.3 is 0 Å². The second-order valence-corrected chi connectivity index (χ2v) is 5.14. The number of hydrogen-bond acceptors (Lipinski definition) is 5. The number of nitrogens with one attached hydrogen (secondary N) is 1. The number of nitriles is 1. The normalized spacial score (nSPS) is 18.3. The molecule has 6 heteroatoms. The Hall–Kier alpha value is -0.900. The Bertz CT molecular complexity index is 381. The van der Waals surface area contributed by atoms with E-state index in [1.165, 1.54) is 6.92 Å². The summed E-state index contributed by atoms with van der Waals surface area (Å²) >= 11 is 0. The molecule has 0 fully saturated rings. The first kappa shape index (κ1) is 12.2. The van der Waals surface area contributed by atoms with Crippen LogP contribution in [-0.2, 0) is 14.4 Å². The summed E-state index contributed by atoms with van der Waals surface area (Å²) in [5, 5.41) is 8.83. The van der Waals surface area contributed by atoms with E-state index in [1.54, 1.807) is 0 Å². The summed E-state index contributed by atoms with van der Waals surface area (Å²) in [5.41, 5.74) is 3.19. The standard InChI is InChI=1S/C9H14N2O3S/c1-2-15(12,13)14-11-9(7-10)8-5-3-4-6-8/h5,9,11H,2-4,6H2,1H3. The lowest BCUT2D eigenvalue weighted by molar-refractivity contribution is 0.194. The van der Waals surface area contributed by atoms with Gasteiger partial charge in [-0.1, -0.05) is 6.08 Å². The molecule has 0 aromatic heterocycles. The maximum absolute atomic E-state index is 11.0. The highest BCUT2D eigenvalue weighted by atomic mass is 32.2. The van der Waals surface area contributed by atoms with Gasteiger partial charge in [-0.25, -0.2) is 0 Å². The highest BCUT2D eigenvalue weighted by Crippen LogP contribution is 2.20. The summed E-state index contributed by atoms with van der Waals surface area (Å²) in [5.74, 6) is -0.114. The Kier molecular flexibility index (Phi) is 4.27. The molecule has 0 saturated carbocycles. The van der Waals surface area contributed by atoms with Gasteiger partial charge in [-0.05, 0) is 31.8 Å². The number of hydroxylamine groups is 1. The van der Waals surface area contributed by atoms with Crippen molar-refractivity contribution in [1.29, 1.82) is 5.26 Å². The summed E-state index contributed by atoms with van der Waals surface area (Å²) in [4.78, 5) is 0. The van der Waals surface area contributed by atoms with E-state index in [2.05, 4.69) is 9.76 Å². The van der Waals surface area contributed by atoms with E-state index in [4.69, 9.17) is 5.26 Å². The molecule has 0 bridgehead atoms.